The van der Waals surface area contributed by atoms with Crippen LogP contribution in [0.4, 0.5) is 0 Å². The Morgan fingerprint density at radius 3 is 2.41 bits per heavy atom. The SMILES string of the molecule is CCNC(=NCC(=O)N1CCCC1)NCCCCOC1CCCCCC1.I. The van der Waals surface area contributed by atoms with E-state index in [1.54, 1.807) is 0 Å². The summed E-state index contributed by atoms with van der Waals surface area (Å²) in [4.78, 5) is 18.4. The number of ether oxygens (including phenoxy) is 1. The second-order valence-corrected chi connectivity index (χ2v) is 7.40. The number of halogens is 1. The third kappa shape index (κ3) is 10.5. The van der Waals surface area contributed by atoms with Crippen LogP contribution in [0, 0.1) is 0 Å². The third-order valence-corrected chi connectivity index (χ3v) is 5.19. The number of carbonyl (C=O) groups is 1. The van der Waals surface area contributed by atoms with Crippen LogP contribution in [0.1, 0.15) is 71.1 Å². The van der Waals surface area contributed by atoms with Gasteiger partial charge in [-0.05, 0) is 45.4 Å². The zero-order valence-electron chi connectivity index (χ0n) is 17.0. The normalized spacial score (nSPS) is 18.7. The van der Waals surface area contributed by atoms with Crippen LogP contribution in [0.15, 0.2) is 4.99 Å². The molecular formula is C20H39IN4O2. The Morgan fingerprint density at radius 2 is 1.74 bits per heavy atom. The van der Waals surface area contributed by atoms with E-state index in [0.717, 1.165) is 64.4 Å². The van der Waals surface area contributed by atoms with Crippen LogP contribution in [0.25, 0.3) is 0 Å². The van der Waals surface area contributed by atoms with Gasteiger partial charge in [-0.15, -0.1) is 24.0 Å². The Balaban J connectivity index is 0.00000364. The minimum Gasteiger partial charge on any atom is -0.378 e. The summed E-state index contributed by atoms with van der Waals surface area (Å²) in [5.41, 5.74) is 0. The highest BCUT2D eigenvalue weighted by Crippen LogP contribution is 2.19. The van der Waals surface area contributed by atoms with Gasteiger partial charge in [-0.25, -0.2) is 4.99 Å². The van der Waals surface area contributed by atoms with E-state index < -0.39 is 0 Å². The van der Waals surface area contributed by atoms with Crippen LogP contribution in [-0.2, 0) is 9.53 Å². The number of rotatable bonds is 9. The molecule has 1 saturated carbocycles. The summed E-state index contributed by atoms with van der Waals surface area (Å²) < 4.78 is 6.03. The van der Waals surface area contributed by atoms with Crippen molar-refractivity contribution in [3.8, 4) is 0 Å². The first-order chi connectivity index (χ1) is 12.8. The van der Waals surface area contributed by atoms with Crippen molar-refractivity contribution < 1.29 is 9.53 Å². The molecule has 1 amide bonds. The van der Waals surface area contributed by atoms with E-state index in [9.17, 15) is 4.79 Å². The zero-order chi connectivity index (χ0) is 18.5. The number of nitrogens with zero attached hydrogens (tertiary/aromatic N) is 2. The average molecular weight is 494 g/mol. The summed E-state index contributed by atoms with van der Waals surface area (Å²) in [5, 5.41) is 6.54. The van der Waals surface area contributed by atoms with Crippen LogP contribution < -0.4 is 10.6 Å². The molecular weight excluding hydrogens is 455 g/mol. The standard InChI is InChI=1S/C20H38N4O2.HI/c1-2-21-20(23-17-19(25)24-14-8-9-15-24)22-13-7-10-16-26-18-11-5-3-4-6-12-18;/h18H,2-17H2,1H3,(H2,21,22,23);1H. The van der Waals surface area contributed by atoms with E-state index in [4.69, 9.17) is 4.74 Å². The van der Waals surface area contributed by atoms with Gasteiger partial charge >= 0.3 is 0 Å². The maximum absolute atomic E-state index is 12.1. The molecule has 0 aromatic heterocycles. The molecule has 0 unspecified atom stereocenters. The van der Waals surface area contributed by atoms with Crippen LogP contribution >= 0.6 is 24.0 Å². The number of hydrogen-bond acceptors (Lipinski definition) is 3. The highest BCUT2D eigenvalue weighted by atomic mass is 127. The number of carbonyl (C=O) groups excluding carboxylic acids is 1. The maximum atomic E-state index is 12.1. The van der Waals surface area contributed by atoms with Crippen molar-refractivity contribution in [2.45, 2.75) is 77.2 Å². The summed E-state index contributed by atoms with van der Waals surface area (Å²) in [6.07, 6.45) is 12.7. The van der Waals surface area contributed by atoms with Crippen LogP contribution in [0.2, 0.25) is 0 Å². The van der Waals surface area contributed by atoms with Gasteiger partial charge in [0.15, 0.2) is 5.96 Å². The number of likely N-dealkylation sites (tertiary alicyclic amines) is 1. The van der Waals surface area contributed by atoms with Gasteiger partial charge in [0.05, 0.1) is 6.10 Å². The average Bonchev–Trinajstić information content (AvgIpc) is 3.07. The van der Waals surface area contributed by atoms with E-state index in [1.807, 2.05) is 11.8 Å². The topological polar surface area (TPSA) is 66.0 Å². The van der Waals surface area contributed by atoms with Crippen LogP contribution in [0.5, 0.6) is 0 Å². The fraction of sp³-hybridized carbons (Fsp3) is 0.900. The van der Waals surface area contributed by atoms with Crippen molar-refractivity contribution in [1.82, 2.24) is 15.5 Å². The summed E-state index contributed by atoms with van der Waals surface area (Å²) in [7, 11) is 0. The Kier molecular flexibility index (Phi) is 13.9. The third-order valence-electron chi connectivity index (χ3n) is 5.19. The first kappa shape index (κ1) is 24.5. The van der Waals surface area contributed by atoms with Crippen LogP contribution in [-0.4, -0.2) is 62.2 Å². The molecule has 0 aromatic rings. The minimum atomic E-state index is 0. The number of amides is 1. The van der Waals surface area contributed by atoms with Crippen LogP contribution in [0.3, 0.4) is 0 Å². The van der Waals surface area contributed by atoms with Gasteiger partial charge in [0.25, 0.3) is 0 Å². The molecule has 7 heteroatoms. The molecule has 2 N–H and O–H groups in total. The minimum absolute atomic E-state index is 0. The van der Waals surface area contributed by atoms with E-state index >= 15 is 0 Å². The van der Waals surface area contributed by atoms with Crippen molar-refractivity contribution >= 4 is 35.8 Å². The number of unbranched alkanes of at least 4 members (excludes halogenated alkanes) is 1. The fourth-order valence-electron chi connectivity index (χ4n) is 3.65. The second kappa shape index (κ2) is 15.4. The van der Waals surface area contributed by atoms with E-state index in [2.05, 4.69) is 15.6 Å². The van der Waals surface area contributed by atoms with E-state index in [0.29, 0.717) is 6.10 Å². The number of aliphatic imine (C=N–C) groups is 1. The molecule has 2 rings (SSSR count). The smallest absolute Gasteiger partial charge is 0.244 e. The molecule has 27 heavy (non-hydrogen) atoms. The molecule has 0 radical (unpaired) electrons. The number of nitrogens with one attached hydrogen (secondary N) is 2. The summed E-state index contributed by atoms with van der Waals surface area (Å²) in [6.45, 7) is 6.57. The quantitative estimate of drug-likeness (QED) is 0.170. The monoisotopic (exact) mass is 494 g/mol. The lowest BCUT2D eigenvalue weighted by atomic mass is 10.1. The van der Waals surface area contributed by atoms with Gasteiger partial charge in [-0.2, -0.15) is 0 Å². The largest absolute Gasteiger partial charge is 0.378 e. The molecule has 1 heterocycles. The van der Waals surface area contributed by atoms with E-state index in [1.165, 1.54) is 38.5 Å². The molecule has 0 bridgehead atoms. The molecule has 1 saturated heterocycles. The lowest BCUT2D eigenvalue weighted by Gasteiger charge is -2.16. The van der Waals surface area contributed by atoms with Crippen molar-refractivity contribution in [3.05, 3.63) is 0 Å². The predicted molar refractivity (Wildman–Crippen MR) is 122 cm³/mol. The first-order valence-corrected chi connectivity index (χ1v) is 10.7. The first-order valence-electron chi connectivity index (χ1n) is 10.7. The molecule has 1 aliphatic carbocycles. The molecule has 158 valence electrons. The van der Waals surface area contributed by atoms with Crippen molar-refractivity contribution in [2.24, 2.45) is 4.99 Å². The lowest BCUT2D eigenvalue weighted by molar-refractivity contribution is -0.128. The van der Waals surface area contributed by atoms with Gasteiger partial charge in [0.2, 0.25) is 5.91 Å². The van der Waals surface area contributed by atoms with Gasteiger partial charge in [0, 0.05) is 32.8 Å². The van der Waals surface area contributed by atoms with E-state index in [-0.39, 0.29) is 36.4 Å². The molecule has 0 aromatic carbocycles. The molecule has 2 aliphatic rings. The van der Waals surface area contributed by atoms with Gasteiger partial charge in [-0.3, -0.25) is 4.79 Å². The highest BCUT2D eigenvalue weighted by molar-refractivity contribution is 14.0. The molecule has 2 fully saturated rings. The highest BCUT2D eigenvalue weighted by Gasteiger charge is 2.17. The molecule has 0 atom stereocenters. The van der Waals surface area contributed by atoms with Crippen molar-refractivity contribution in [3.63, 3.8) is 0 Å². The Hall–Kier alpha value is -0.570. The predicted octanol–water partition coefficient (Wildman–Crippen LogP) is 3.30. The Morgan fingerprint density at radius 1 is 1.04 bits per heavy atom. The summed E-state index contributed by atoms with van der Waals surface area (Å²) >= 11 is 0. The number of hydrogen-bond donors (Lipinski definition) is 2. The van der Waals surface area contributed by atoms with Gasteiger partial charge in [-0.1, -0.05) is 25.7 Å². The summed E-state index contributed by atoms with van der Waals surface area (Å²) in [6, 6.07) is 0. The van der Waals surface area contributed by atoms with Gasteiger partial charge < -0.3 is 20.3 Å². The molecule has 1 aliphatic heterocycles. The lowest BCUT2D eigenvalue weighted by Crippen LogP contribution is -2.39. The zero-order valence-corrected chi connectivity index (χ0v) is 19.3. The Bertz CT molecular complexity index is 420. The van der Waals surface area contributed by atoms with Crippen molar-refractivity contribution in [1.29, 1.82) is 0 Å². The fourth-order valence-corrected chi connectivity index (χ4v) is 3.65. The van der Waals surface area contributed by atoms with Crippen molar-refractivity contribution in [2.75, 3.05) is 39.3 Å². The second-order valence-electron chi connectivity index (χ2n) is 7.40. The maximum Gasteiger partial charge on any atom is 0.244 e. The molecule has 6 nitrogen and oxygen atoms in total. The molecule has 0 spiro atoms. The Labute approximate surface area is 182 Å². The van der Waals surface area contributed by atoms with Gasteiger partial charge in [0.1, 0.15) is 6.54 Å². The summed E-state index contributed by atoms with van der Waals surface area (Å²) in [5.74, 6) is 0.876. The number of guanidine groups is 1.